The van der Waals surface area contributed by atoms with Crippen LogP contribution in [-0.2, 0) is 9.59 Å². The fraction of sp³-hybridized carbons (Fsp3) is 0.412. The Hall–Kier alpha value is -2.30. The van der Waals surface area contributed by atoms with Gasteiger partial charge in [0, 0.05) is 12.8 Å². The highest BCUT2D eigenvalue weighted by Gasteiger charge is 2.41. The van der Waals surface area contributed by atoms with Crippen molar-refractivity contribution in [2.75, 3.05) is 0 Å². The maximum absolute atomic E-state index is 12.5. The fourth-order valence-corrected chi connectivity index (χ4v) is 2.65. The van der Waals surface area contributed by atoms with Crippen molar-refractivity contribution in [1.82, 2.24) is 4.90 Å². The molecule has 1 unspecified atom stereocenters. The summed E-state index contributed by atoms with van der Waals surface area (Å²) in [5.41, 5.74) is 1.53. The number of benzene rings is 1. The van der Waals surface area contributed by atoms with Crippen LogP contribution < -0.4 is 0 Å². The largest absolute Gasteiger partial charge is 0.300 e. The van der Waals surface area contributed by atoms with E-state index in [0.29, 0.717) is 17.5 Å². The van der Waals surface area contributed by atoms with Gasteiger partial charge in [0.2, 0.25) is 0 Å². The summed E-state index contributed by atoms with van der Waals surface area (Å²) in [4.78, 5) is 49.3. The third-order valence-electron chi connectivity index (χ3n) is 3.95. The van der Waals surface area contributed by atoms with Gasteiger partial charge < -0.3 is 0 Å². The van der Waals surface area contributed by atoms with Crippen molar-refractivity contribution in [3.8, 4) is 0 Å². The average Bonchev–Trinajstić information content (AvgIpc) is 2.71. The minimum absolute atomic E-state index is 0.0127. The van der Waals surface area contributed by atoms with Crippen LogP contribution in [0.1, 0.15) is 59.4 Å². The van der Waals surface area contributed by atoms with E-state index >= 15 is 0 Å². The minimum Gasteiger partial charge on any atom is -0.300 e. The first-order chi connectivity index (χ1) is 10.4. The van der Waals surface area contributed by atoms with Gasteiger partial charge in [0.1, 0.15) is 5.78 Å². The maximum atomic E-state index is 12.5. The van der Waals surface area contributed by atoms with Crippen LogP contribution in [0.4, 0.5) is 0 Å². The molecule has 1 heterocycles. The van der Waals surface area contributed by atoms with Crippen molar-refractivity contribution in [2.45, 2.75) is 46.1 Å². The number of hydrogen-bond donors (Lipinski definition) is 0. The maximum Gasteiger partial charge on any atom is 0.262 e. The molecule has 0 aromatic heterocycles. The fourth-order valence-electron chi connectivity index (χ4n) is 2.65. The highest BCUT2D eigenvalue weighted by Crippen LogP contribution is 2.27. The van der Waals surface area contributed by atoms with Crippen molar-refractivity contribution < 1.29 is 19.2 Å². The van der Waals surface area contributed by atoms with Gasteiger partial charge >= 0.3 is 0 Å². The average molecular weight is 301 g/mol. The summed E-state index contributed by atoms with van der Waals surface area (Å²) in [5, 5.41) is 0. The van der Waals surface area contributed by atoms with Crippen LogP contribution >= 0.6 is 0 Å². The Morgan fingerprint density at radius 1 is 1.14 bits per heavy atom. The van der Waals surface area contributed by atoms with Crippen LogP contribution in [0, 0.1) is 6.92 Å². The Kier molecular flexibility index (Phi) is 4.54. The van der Waals surface area contributed by atoms with Gasteiger partial charge in [0.05, 0.1) is 17.2 Å². The van der Waals surface area contributed by atoms with Gasteiger partial charge in [0.25, 0.3) is 11.8 Å². The molecule has 0 bridgehead atoms. The van der Waals surface area contributed by atoms with Gasteiger partial charge in [-0.25, -0.2) is 0 Å². The Bertz CT molecular complexity index is 663. The van der Waals surface area contributed by atoms with Crippen LogP contribution in [0.25, 0.3) is 0 Å². The zero-order chi connectivity index (χ0) is 16.4. The van der Waals surface area contributed by atoms with E-state index in [1.807, 2.05) is 6.92 Å². The Morgan fingerprint density at radius 2 is 1.77 bits per heavy atom. The Morgan fingerprint density at radius 3 is 2.36 bits per heavy atom. The standard InChI is InChI=1S/C17H19NO4/c1-4-12(20)6-8-15(11(3)19)18-16(21)13-7-5-10(2)9-14(13)17(18)22/h5,7,9,15H,4,6,8H2,1-3H3. The molecule has 116 valence electrons. The van der Waals surface area contributed by atoms with Gasteiger partial charge in [-0.1, -0.05) is 18.6 Å². The van der Waals surface area contributed by atoms with Crippen LogP contribution in [0.3, 0.4) is 0 Å². The molecular weight excluding hydrogens is 282 g/mol. The molecule has 1 atom stereocenters. The van der Waals surface area contributed by atoms with Gasteiger partial charge in [-0.2, -0.15) is 0 Å². The molecule has 0 spiro atoms. The van der Waals surface area contributed by atoms with E-state index in [4.69, 9.17) is 0 Å². The predicted molar refractivity (Wildman–Crippen MR) is 80.7 cm³/mol. The molecule has 1 aromatic carbocycles. The lowest BCUT2D eigenvalue weighted by molar-refractivity contribution is -0.122. The molecule has 0 N–H and O–H groups in total. The SMILES string of the molecule is CCC(=O)CCC(C(C)=O)N1C(=O)c2ccc(C)cc2C1=O. The lowest BCUT2D eigenvalue weighted by Crippen LogP contribution is -2.44. The quantitative estimate of drug-likeness (QED) is 0.756. The summed E-state index contributed by atoms with van der Waals surface area (Å²) in [7, 11) is 0. The van der Waals surface area contributed by atoms with E-state index in [1.54, 1.807) is 25.1 Å². The molecule has 22 heavy (non-hydrogen) atoms. The molecule has 5 heteroatoms. The van der Waals surface area contributed by atoms with Crippen molar-refractivity contribution in [1.29, 1.82) is 0 Å². The molecule has 2 amide bonds. The molecule has 5 nitrogen and oxygen atoms in total. The van der Waals surface area contributed by atoms with E-state index in [2.05, 4.69) is 0 Å². The number of nitrogens with zero attached hydrogens (tertiary/aromatic N) is 1. The third-order valence-corrected chi connectivity index (χ3v) is 3.95. The number of ketones is 2. The van der Waals surface area contributed by atoms with E-state index < -0.39 is 17.9 Å². The number of imide groups is 1. The molecule has 0 aliphatic carbocycles. The van der Waals surface area contributed by atoms with E-state index in [0.717, 1.165) is 10.5 Å². The first-order valence-electron chi connectivity index (χ1n) is 7.37. The third kappa shape index (κ3) is 2.84. The molecule has 0 saturated carbocycles. The first-order valence-corrected chi connectivity index (χ1v) is 7.37. The van der Waals surface area contributed by atoms with E-state index in [9.17, 15) is 19.2 Å². The highest BCUT2D eigenvalue weighted by molar-refractivity contribution is 6.23. The molecule has 0 radical (unpaired) electrons. The molecular formula is C17H19NO4. The molecule has 0 saturated heterocycles. The topological polar surface area (TPSA) is 71.5 Å². The summed E-state index contributed by atoms with van der Waals surface area (Å²) in [6.45, 7) is 4.93. The summed E-state index contributed by atoms with van der Waals surface area (Å²) < 4.78 is 0. The summed E-state index contributed by atoms with van der Waals surface area (Å²) in [5.74, 6) is -1.18. The highest BCUT2D eigenvalue weighted by atomic mass is 16.2. The zero-order valence-corrected chi connectivity index (χ0v) is 13.0. The Balaban J connectivity index is 2.30. The molecule has 2 rings (SSSR count). The second-order valence-corrected chi connectivity index (χ2v) is 5.59. The second-order valence-electron chi connectivity index (χ2n) is 5.59. The summed E-state index contributed by atoms with van der Waals surface area (Å²) >= 11 is 0. The second kappa shape index (κ2) is 6.22. The lowest BCUT2D eigenvalue weighted by atomic mass is 10.0. The molecule has 1 aromatic rings. The number of Topliss-reactive ketones (excluding diaryl/α,β-unsaturated/α-hetero) is 2. The normalized spacial score (nSPS) is 15.0. The number of carbonyl (C=O) groups is 4. The molecule has 0 fully saturated rings. The molecule has 1 aliphatic rings. The first kappa shape index (κ1) is 16.1. The van der Waals surface area contributed by atoms with Crippen LogP contribution in [-0.4, -0.2) is 34.3 Å². The minimum atomic E-state index is -0.872. The van der Waals surface area contributed by atoms with Crippen molar-refractivity contribution in [3.05, 3.63) is 34.9 Å². The van der Waals surface area contributed by atoms with Crippen molar-refractivity contribution in [3.63, 3.8) is 0 Å². The zero-order valence-electron chi connectivity index (χ0n) is 13.0. The van der Waals surface area contributed by atoms with Gasteiger partial charge in [-0.15, -0.1) is 0 Å². The van der Waals surface area contributed by atoms with Crippen LogP contribution in [0.2, 0.25) is 0 Å². The van der Waals surface area contributed by atoms with Gasteiger partial charge in [-0.05, 0) is 32.4 Å². The number of rotatable bonds is 6. The van der Waals surface area contributed by atoms with Crippen LogP contribution in [0.15, 0.2) is 18.2 Å². The number of amides is 2. The van der Waals surface area contributed by atoms with E-state index in [1.165, 1.54) is 6.92 Å². The number of hydrogen-bond acceptors (Lipinski definition) is 4. The summed E-state index contributed by atoms with van der Waals surface area (Å²) in [6, 6.07) is 4.16. The predicted octanol–water partition coefficient (Wildman–Crippen LogP) is 2.31. The monoisotopic (exact) mass is 301 g/mol. The summed E-state index contributed by atoms with van der Waals surface area (Å²) in [6.07, 6.45) is 0.756. The lowest BCUT2D eigenvalue weighted by Gasteiger charge is -2.23. The van der Waals surface area contributed by atoms with Gasteiger partial charge in [0.15, 0.2) is 5.78 Å². The molecule has 1 aliphatic heterocycles. The van der Waals surface area contributed by atoms with Gasteiger partial charge in [-0.3, -0.25) is 24.1 Å². The number of carbonyl (C=O) groups excluding carboxylic acids is 4. The van der Waals surface area contributed by atoms with Crippen molar-refractivity contribution in [2.24, 2.45) is 0 Å². The van der Waals surface area contributed by atoms with E-state index in [-0.39, 0.29) is 24.4 Å². The smallest absolute Gasteiger partial charge is 0.262 e. The Labute approximate surface area is 129 Å². The van der Waals surface area contributed by atoms with Crippen LogP contribution in [0.5, 0.6) is 0 Å². The number of fused-ring (bicyclic) bond motifs is 1. The number of aryl methyl sites for hydroxylation is 1. The van der Waals surface area contributed by atoms with Crippen molar-refractivity contribution >= 4 is 23.4 Å².